The summed E-state index contributed by atoms with van der Waals surface area (Å²) in [6, 6.07) is 0. The average molecular weight is 1110 g/mol. The van der Waals surface area contributed by atoms with Crippen molar-refractivity contribution in [2.45, 2.75) is 289 Å². The molecule has 1 aliphatic rings. The highest BCUT2D eigenvalue weighted by atomic mass is 16.7. The number of allylic oxidation sites excluding steroid dienone is 16. The Labute approximate surface area is 479 Å². The van der Waals surface area contributed by atoms with Crippen LogP contribution in [-0.2, 0) is 42.9 Å². The van der Waals surface area contributed by atoms with Crippen LogP contribution in [0, 0.1) is 0 Å². The summed E-state index contributed by atoms with van der Waals surface area (Å²) in [6.45, 7) is 5.81. The molecule has 12 heteroatoms. The number of hydrogen-bond acceptors (Lipinski definition) is 11. The number of unbranched alkanes of at least 4 members (excludes halogenated alkanes) is 22. The molecule has 6 unspecified atom stereocenters. The van der Waals surface area contributed by atoms with Crippen molar-refractivity contribution in [3.05, 3.63) is 97.2 Å². The predicted octanol–water partition coefficient (Wildman–Crippen LogP) is 16.5. The zero-order chi connectivity index (χ0) is 57.5. The van der Waals surface area contributed by atoms with Gasteiger partial charge in [0.2, 0.25) is 0 Å². The molecule has 1 fully saturated rings. The molecule has 0 amide bonds. The van der Waals surface area contributed by atoms with Gasteiger partial charge < -0.3 is 39.0 Å². The van der Waals surface area contributed by atoms with E-state index in [1.807, 2.05) is 0 Å². The van der Waals surface area contributed by atoms with Gasteiger partial charge in [-0.05, 0) is 122 Å². The normalized spacial score (nSPS) is 18.5. The lowest BCUT2D eigenvalue weighted by molar-refractivity contribution is -0.301. The van der Waals surface area contributed by atoms with Gasteiger partial charge in [-0.25, -0.2) is 4.79 Å². The number of aliphatic hydroxyl groups is 2. The largest absolute Gasteiger partial charge is 0.479 e. The predicted molar refractivity (Wildman–Crippen MR) is 321 cm³/mol. The highest BCUT2D eigenvalue weighted by Gasteiger charge is 2.50. The van der Waals surface area contributed by atoms with E-state index >= 15 is 0 Å². The summed E-state index contributed by atoms with van der Waals surface area (Å²) in [7, 11) is 0. The molecule has 0 aliphatic carbocycles. The van der Waals surface area contributed by atoms with Crippen LogP contribution >= 0.6 is 0 Å². The van der Waals surface area contributed by atoms with Crippen molar-refractivity contribution in [2.24, 2.45) is 0 Å². The number of esters is 3. The summed E-state index contributed by atoms with van der Waals surface area (Å²) in [5, 5.41) is 31.5. The number of aliphatic hydroxyl groups excluding tert-OH is 2. The van der Waals surface area contributed by atoms with E-state index in [4.69, 9.17) is 23.7 Å². The fourth-order valence-electron chi connectivity index (χ4n) is 8.83. The number of hydrogen-bond donors (Lipinski definition) is 3. The zero-order valence-corrected chi connectivity index (χ0v) is 49.6. The van der Waals surface area contributed by atoms with E-state index in [-0.39, 0.29) is 25.9 Å². The third-order valence-corrected chi connectivity index (χ3v) is 13.6. The van der Waals surface area contributed by atoms with E-state index in [1.165, 1.54) is 44.9 Å². The van der Waals surface area contributed by atoms with E-state index in [9.17, 15) is 34.5 Å². The van der Waals surface area contributed by atoms with Gasteiger partial charge in [-0.2, -0.15) is 0 Å². The lowest BCUT2D eigenvalue weighted by atomic mass is 9.98. The van der Waals surface area contributed by atoms with Crippen LogP contribution in [0.1, 0.15) is 252 Å². The van der Waals surface area contributed by atoms with Crippen LogP contribution in [0.25, 0.3) is 0 Å². The minimum Gasteiger partial charge on any atom is -0.479 e. The maximum absolute atomic E-state index is 13.2. The Morgan fingerprint density at radius 1 is 0.430 bits per heavy atom. The fraction of sp³-hybridized carbons (Fsp3) is 0.701. The van der Waals surface area contributed by atoms with E-state index < -0.39 is 67.3 Å². The first kappa shape index (κ1) is 72.7. The first-order chi connectivity index (χ1) is 38.6. The smallest absolute Gasteiger partial charge is 0.335 e. The van der Waals surface area contributed by atoms with Gasteiger partial charge >= 0.3 is 23.9 Å². The Balaban J connectivity index is 2.70. The van der Waals surface area contributed by atoms with Crippen molar-refractivity contribution in [1.29, 1.82) is 0 Å². The Morgan fingerprint density at radius 3 is 1.27 bits per heavy atom. The van der Waals surface area contributed by atoms with E-state index in [0.717, 1.165) is 148 Å². The average Bonchev–Trinajstić information content (AvgIpc) is 3.47. The molecule has 3 N–H and O–H groups in total. The molecule has 1 aliphatic heterocycles. The third-order valence-electron chi connectivity index (χ3n) is 13.6. The summed E-state index contributed by atoms with van der Waals surface area (Å²) in [5.74, 6) is -3.19. The number of carbonyl (C=O) groups is 4. The van der Waals surface area contributed by atoms with Crippen LogP contribution in [0.5, 0.6) is 0 Å². The van der Waals surface area contributed by atoms with E-state index in [1.54, 1.807) is 0 Å². The number of ether oxygens (including phenoxy) is 5. The van der Waals surface area contributed by atoms with Gasteiger partial charge in [-0.15, -0.1) is 0 Å². The molecule has 0 aromatic carbocycles. The quantitative estimate of drug-likeness (QED) is 0.0228. The molecule has 450 valence electrons. The second-order valence-corrected chi connectivity index (χ2v) is 20.9. The molecule has 79 heavy (non-hydrogen) atoms. The molecule has 12 nitrogen and oxygen atoms in total. The number of carboxylic acids is 1. The van der Waals surface area contributed by atoms with Crippen LogP contribution in [0.4, 0.5) is 0 Å². The fourth-order valence-corrected chi connectivity index (χ4v) is 8.83. The lowest BCUT2D eigenvalue weighted by Crippen LogP contribution is -2.61. The molecule has 0 aromatic heterocycles. The van der Waals surface area contributed by atoms with Gasteiger partial charge in [0.1, 0.15) is 18.8 Å². The monoisotopic (exact) mass is 1110 g/mol. The molecule has 0 aromatic rings. The third kappa shape index (κ3) is 44.0. The van der Waals surface area contributed by atoms with Gasteiger partial charge in [-0.3, -0.25) is 14.4 Å². The Kier molecular flexibility index (Phi) is 49.9. The van der Waals surface area contributed by atoms with Crippen LogP contribution in [0.15, 0.2) is 97.2 Å². The highest BCUT2D eigenvalue weighted by Crippen LogP contribution is 2.26. The maximum Gasteiger partial charge on any atom is 0.335 e. The molecule has 0 spiro atoms. The van der Waals surface area contributed by atoms with E-state index in [0.29, 0.717) is 19.3 Å². The van der Waals surface area contributed by atoms with Crippen molar-refractivity contribution < 1.29 is 58.2 Å². The molecular weight excluding hydrogens is 997 g/mol. The summed E-state index contributed by atoms with van der Waals surface area (Å²) >= 11 is 0. The number of aliphatic carboxylic acids is 1. The van der Waals surface area contributed by atoms with Gasteiger partial charge in [0.05, 0.1) is 6.61 Å². The van der Waals surface area contributed by atoms with Crippen molar-refractivity contribution >= 4 is 23.9 Å². The molecule has 1 rings (SSSR count). The molecule has 0 radical (unpaired) electrons. The van der Waals surface area contributed by atoms with Gasteiger partial charge in [0.25, 0.3) is 0 Å². The lowest BCUT2D eigenvalue weighted by Gasteiger charge is -2.40. The maximum atomic E-state index is 13.2. The highest BCUT2D eigenvalue weighted by molar-refractivity contribution is 5.74. The Morgan fingerprint density at radius 2 is 0.797 bits per heavy atom. The van der Waals surface area contributed by atoms with Crippen LogP contribution in [0.2, 0.25) is 0 Å². The second-order valence-electron chi connectivity index (χ2n) is 20.9. The van der Waals surface area contributed by atoms with Crippen molar-refractivity contribution in [2.75, 3.05) is 13.2 Å². The standard InChI is InChI=1S/C67H110O12/c1-4-7-10-13-16-19-22-25-27-29-30-32-33-36-38-41-44-47-50-53-59(68)75-56-58(77-60(69)54-51-48-45-42-39-35-24-21-18-15-12-9-6-3)57-76-67-65(63(72)62(71)64(79-67)66(73)74)78-61(70)55-52-49-46-43-40-37-34-31-28-26-23-20-17-14-11-8-5-2/h7,10,16-17,19-21,24-28,30,32,36,38,58,62-65,67,71-72H,4-6,8-9,11-15,18,22-23,29,31,33-35,37,39-57H2,1-3H3,(H,73,74)/b10-7-,19-16-,20-17-,24-21-,27-25-,28-26-,32-30-,38-36-. The summed E-state index contributed by atoms with van der Waals surface area (Å²) in [5.41, 5.74) is 0. The topological polar surface area (TPSA) is 175 Å². The van der Waals surface area contributed by atoms with Crippen LogP contribution in [-0.4, -0.2) is 89.2 Å². The van der Waals surface area contributed by atoms with Gasteiger partial charge in [0.15, 0.2) is 24.6 Å². The first-order valence-electron chi connectivity index (χ1n) is 31.2. The molecule has 0 saturated carbocycles. The minimum absolute atomic E-state index is 0.0437. The molecule has 0 bridgehead atoms. The number of carboxylic acid groups (broad SMARTS) is 1. The Bertz CT molecular complexity index is 1740. The Hall–Kier alpha value is -4.36. The van der Waals surface area contributed by atoms with Gasteiger partial charge in [-0.1, -0.05) is 208 Å². The van der Waals surface area contributed by atoms with Crippen LogP contribution in [0.3, 0.4) is 0 Å². The number of rotatable bonds is 52. The molecule has 1 saturated heterocycles. The number of carbonyl (C=O) groups excluding carboxylic acids is 3. The molecular formula is C67H110O12. The minimum atomic E-state index is -1.92. The summed E-state index contributed by atoms with van der Waals surface area (Å²) in [4.78, 5) is 51.2. The zero-order valence-electron chi connectivity index (χ0n) is 49.6. The molecule has 1 heterocycles. The summed E-state index contributed by atoms with van der Waals surface area (Å²) in [6.07, 6.45) is 59.3. The first-order valence-corrected chi connectivity index (χ1v) is 31.2. The SMILES string of the molecule is CC/C=C\C/C=C\C/C=C\C/C=C\C/C=C\CCCCCC(=O)OCC(COC1OC(C(=O)O)C(O)C(O)C1OC(=O)CCCCCCCCC/C=C\C/C=C\CCCCC)OC(=O)CCCCCCC/C=C\CCCCCC. The van der Waals surface area contributed by atoms with Crippen molar-refractivity contribution in [3.8, 4) is 0 Å². The second kappa shape index (κ2) is 54.2. The summed E-state index contributed by atoms with van der Waals surface area (Å²) < 4.78 is 28.4. The van der Waals surface area contributed by atoms with Crippen LogP contribution < -0.4 is 0 Å². The van der Waals surface area contributed by atoms with Gasteiger partial charge in [0, 0.05) is 19.3 Å². The van der Waals surface area contributed by atoms with E-state index in [2.05, 4.69) is 118 Å². The van der Waals surface area contributed by atoms with Crippen molar-refractivity contribution in [1.82, 2.24) is 0 Å². The molecule has 6 atom stereocenters. The van der Waals surface area contributed by atoms with Crippen molar-refractivity contribution in [3.63, 3.8) is 0 Å².